The number of ether oxygens (including phenoxy) is 3. The molecule has 152 valence electrons. The van der Waals surface area contributed by atoms with Crippen molar-refractivity contribution in [2.75, 3.05) is 13.2 Å². The van der Waals surface area contributed by atoms with E-state index in [1.807, 2.05) is 31.2 Å². The third-order valence-corrected chi connectivity index (χ3v) is 5.17. The fraction of sp³-hybridized carbons (Fsp3) is 0.455. The Hall–Kier alpha value is -2.12. The van der Waals surface area contributed by atoms with E-state index in [2.05, 4.69) is 26.0 Å². The number of aliphatic hydroxyl groups excluding tert-OH is 3. The van der Waals surface area contributed by atoms with Gasteiger partial charge in [0.15, 0.2) is 0 Å². The maximum atomic E-state index is 9.99. The Labute approximate surface area is 165 Å². The smallest absolute Gasteiger partial charge is 0.228 e. The normalized spacial score (nSPS) is 25.4. The first-order valence-electron chi connectivity index (χ1n) is 9.49. The lowest BCUT2D eigenvalue weighted by atomic mass is 9.78. The molecule has 1 fully saturated rings. The Bertz CT molecular complexity index is 756. The van der Waals surface area contributed by atoms with Crippen LogP contribution < -0.4 is 9.47 Å². The minimum atomic E-state index is -1.32. The maximum Gasteiger partial charge on any atom is 0.228 e. The molecule has 1 saturated heterocycles. The van der Waals surface area contributed by atoms with Crippen LogP contribution in [0.3, 0.4) is 0 Å². The van der Waals surface area contributed by atoms with Crippen LogP contribution in [0.2, 0.25) is 0 Å². The molecule has 4 atom stereocenters. The van der Waals surface area contributed by atoms with Gasteiger partial charge in [-0.15, -0.1) is 0 Å². The van der Waals surface area contributed by atoms with Gasteiger partial charge in [-0.25, -0.2) is 0 Å². The van der Waals surface area contributed by atoms with Crippen molar-refractivity contribution >= 4 is 0 Å². The van der Waals surface area contributed by atoms with Crippen molar-refractivity contribution in [1.82, 2.24) is 0 Å². The zero-order chi connectivity index (χ0) is 20.3. The molecule has 28 heavy (non-hydrogen) atoms. The highest BCUT2D eigenvalue weighted by Gasteiger charge is 2.39. The van der Waals surface area contributed by atoms with Gasteiger partial charge in [-0.05, 0) is 42.3 Å². The van der Waals surface area contributed by atoms with E-state index in [0.717, 1.165) is 16.9 Å². The standard InChI is InChI=1S/C22H28O6/c1-4-26-16-9-5-14(6-10-16)22(2,3)15-7-11-17(12-8-15)28-21-20(25)19(24)18(23)13-27-21/h5-12,18-21,23-25H,4,13H2,1-3H3/t18-,19-,20+,21+/m0/s1. The average Bonchev–Trinajstić information content (AvgIpc) is 2.69. The van der Waals surface area contributed by atoms with Gasteiger partial charge in [-0.3, -0.25) is 0 Å². The van der Waals surface area contributed by atoms with Gasteiger partial charge in [0.25, 0.3) is 0 Å². The van der Waals surface area contributed by atoms with Crippen LogP contribution in [-0.2, 0) is 10.2 Å². The summed E-state index contributed by atoms with van der Waals surface area (Å²) < 4.78 is 16.4. The zero-order valence-corrected chi connectivity index (χ0v) is 16.4. The third-order valence-electron chi connectivity index (χ3n) is 5.17. The first kappa shape index (κ1) is 20.6. The summed E-state index contributed by atoms with van der Waals surface area (Å²) in [6.45, 7) is 6.79. The van der Waals surface area contributed by atoms with Crippen LogP contribution in [0.25, 0.3) is 0 Å². The van der Waals surface area contributed by atoms with Gasteiger partial charge < -0.3 is 29.5 Å². The van der Waals surface area contributed by atoms with Crippen molar-refractivity contribution in [3.8, 4) is 11.5 Å². The van der Waals surface area contributed by atoms with Gasteiger partial charge in [0, 0.05) is 5.41 Å². The Balaban J connectivity index is 1.70. The molecule has 0 unspecified atom stereocenters. The number of aliphatic hydroxyl groups is 3. The van der Waals surface area contributed by atoms with Crippen LogP contribution in [-0.4, -0.2) is 53.1 Å². The maximum absolute atomic E-state index is 9.99. The van der Waals surface area contributed by atoms with Crippen LogP contribution in [0, 0.1) is 0 Å². The molecule has 0 radical (unpaired) electrons. The van der Waals surface area contributed by atoms with Crippen molar-refractivity contribution in [2.45, 2.75) is 50.8 Å². The van der Waals surface area contributed by atoms with Crippen LogP contribution in [0.15, 0.2) is 48.5 Å². The second-order valence-corrected chi connectivity index (χ2v) is 7.47. The quantitative estimate of drug-likeness (QED) is 0.703. The van der Waals surface area contributed by atoms with Crippen molar-refractivity contribution in [3.63, 3.8) is 0 Å². The molecule has 3 N–H and O–H groups in total. The van der Waals surface area contributed by atoms with Crippen molar-refractivity contribution in [1.29, 1.82) is 0 Å². The molecule has 1 aliphatic rings. The molecule has 1 aliphatic heterocycles. The molecule has 3 rings (SSSR count). The van der Waals surface area contributed by atoms with Gasteiger partial charge >= 0.3 is 0 Å². The van der Waals surface area contributed by atoms with E-state index < -0.39 is 24.6 Å². The lowest BCUT2D eigenvalue weighted by molar-refractivity contribution is -0.242. The molecule has 0 aromatic heterocycles. The summed E-state index contributed by atoms with van der Waals surface area (Å²) in [5.74, 6) is 1.36. The second kappa shape index (κ2) is 8.49. The molecular formula is C22H28O6. The third kappa shape index (κ3) is 4.31. The largest absolute Gasteiger partial charge is 0.494 e. The summed E-state index contributed by atoms with van der Waals surface area (Å²) in [5, 5.41) is 29.3. The van der Waals surface area contributed by atoms with E-state index >= 15 is 0 Å². The van der Waals surface area contributed by atoms with Crippen molar-refractivity contribution in [3.05, 3.63) is 59.7 Å². The van der Waals surface area contributed by atoms with E-state index in [4.69, 9.17) is 14.2 Å². The van der Waals surface area contributed by atoms with Crippen molar-refractivity contribution in [2.24, 2.45) is 0 Å². The molecule has 6 nitrogen and oxygen atoms in total. The Morgan fingerprint density at radius 2 is 1.43 bits per heavy atom. The molecule has 0 spiro atoms. The van der Waals surface area contributed by atoms with E-state index in [1.54, 1.807) is 12.1 Å². The Morgan fingerprint density at radius 1 is 0.893 bits per heavy atom. The zero-order valence-electron chi connectivity index (χ0n) is 16.4. The van der Waals surface area contributed by atoms with E-state index in [0.29, 0.717) is 12.4 Å². The molecule has 6 heteroatoms. The monoisotopic (exact) mass is 388 g/mol. The number of rotatable bonds is 6. The summed E-state index contributed by atoms with van der Waals surface area (Å²) in [7, 11) is 0. The summed E-state index contributed by atoms with van der Waals surface area (Å²) in [6.07, 6.45) is -4.75. The lowest BCUT2D eigenvalue weighted by Crippen LogP contribution is -2.54. The molecular weight excluding hydrogens is 360 g/mol. The summed E-state index contributed by atoms with van der Waals surface area (Å²) in [4.78, 5) is 0. The van der Waals surface area contributed by atoms with E-state index in [1.165, 1.54) is 0 Å². The predicted octanol–water partition coefficient (Wildman–Crippen LogP) is 2.23. The van der Waals surface area contributed by atoms with Gasteiger partial charge in [-0.1, -0.05) is 38.1 Å². The van der Waals surface area contributed by atoms with E-state index in [9.17, 15) is 15.3 Å². The first-order chi connectivity index (χ1) is 13.3. The van der Waals surface area contributed by atoms with E-state index in [-0.39, 0.29) is 12.0 Å². The Morgan fingerprint density at radius 3 is 1.96 bits per heavy atom. The number of hydrogen-bond acceptors (Lipinski definition) is 6. The topological polar surface area (TPSA) is 88.4 Å². The highest BCUT2D eigenvalue weighted by molar-refractivity contribution is 5.41. The molecule has 1 heterocycles. The second-order valence-electron chi connectivity index (χ2n) is 7.47. The first-order valence-corrected chi connectivity index (χ1v) is 9.49. The van der Waals surface area contributed by atoms with Gasteiger partial charge in [0.2, 0.25) is 6.29 Å². The van der Waals surface area contributed by atoms with Crippen molar-refractivity contribution < 1.29 is 29.5 Å². The van der Waals surface area contributed by atoms with Gasteiger partial charge in [0.05, 0.1) is 13.2 Å². The molecule has 0 aliphatic carbocycles. The molecule has 0 saturated carbocycles. The fourth-order valence-electron chi connectivity index (χ4n) is 3.27. The number of hydrogen-bond donors (Lipinski definition) is 3. The SMILES string of the molecule is CCOc1ccc(C(C)(C)c2ccc(O[C@H]3OC[C@H](O)[C@H](O)[C@H]3O)cc2)cc1. The minimum Gasteiger partial charge on any atom is -0.494 e. The summed E-state index contributed by atoms with van der Waals surface area (Å²) >= 11 is 0. The molecule has 0 bridgehead atoms. The van der Waals surface area contributed by atoms with Crippen LogP contribution in [0.4, 0.5) is 0 Å². The van der Waals surface area contributed by atoms with Gasteiger partial charge in [-0.2, -0.15) is 0 Å². The average molecular weight is 388 g/mol. The number of benzene rings is 2. The summed E-state index contributed by atoms with van der Waals surface area (Å²) in [5.41, 5.74) is 2.04. The molecule has 2 aromatic rings. The van der Waals surface area contributed by atoms with Gasteiger partial charge in [0.1, 0.15) is 29.8 Å². The van der Waals surface area contributed by atoms with Crippen LogP contribution >= 0.6 is 0 Å². The lowest BCUT2D eigenvalue weighted by Gasteiger charge is -2.35. The highest BCUT2D eigenvalue weighted by Crippen LogP contribution is 2.33. The fourth-order valence-corrected chi connectivity index (χ4v) is 3.27. The minimum absolute atomic E-state index is 0.0915. The predicted molar refractivity (Wildman–Crippen MR) is 105 cm³/mol. The van der Waals surface area contributed by atoms with Crippen LogP contribution in [0.5, 0.6) is 11.5 Å². The highest BCUT2D eigenvalue weighted by atomic mass is 16.7. The Kier molecular flexibility index (Phi) is 6.25. The summed E-state index contributed by atoms with van der Waals surface area (Å²) in [6, 6.07) is 15.6. The molecule has 0 amide bonds. The molecule has 2 aromatic carbocycles. The van der Waals surface area contributed by atoms with Crippen LogP contribution in [0.1, 0.15) is 31.9 Å².